The maximum Gasteiger partial charge on any atom is 0.410 e. The van der Waals surface area contributed by atoms with Gasteiger partial charge in [0.15, 0.2) is 0 Å². The summed E-state index contributed by atoms with van der Waals surface area (Å²) >= 11 is 7.90. The summed E-state index contributed by atoms with van der Waals surface area (Å²) < 4.78 is 8.01. The van der Waals surface area contributed by atoms with Gasteiger partial charge in [0.25, 0.3) is 0 Å². The van der Waals surface area contributed by atoms with Crippen molar-refractivity contribution in [2.45, 2.75) is 57.7 Å². The van der Waals surface area contributed by atoms with Crippen LogP contribution in [0.4, 0.5) is 4.79 Å². The Labute approximate surface area is 184 Å². The molecule has 0 N–H and O–H groups in total. The second kappa shape index (κ2) is 9.90. The molecule has 1 atom stereocenters. The molecule has 2 saturated heterocycles. The van der Waals surface area contributed by atoms with Crippen LogP contribution >= 0.6 is 23.5 Å². The lowest BCUT2D eigenvalue weighted by Crippen LogP contribution is -2.58. The minimum atomic E-state index is -0.439. The molecule has 0 radical (unpaired) electrons. The van der Waals surface area contributed by atoms with E-state index in [1.54, 1.807) is 0 Å². The molecule has 1 amide bonds. The van der Waals surface area contributed by atoms with E-state index in [1.165, 1.54) is 5.56 Å². The Hall–Kier alpha value is -0.950. The van der Waals surface area contributed by atoms with Crippen LogP contribution in [0.25, 0.3) is 0 Å². The molecule has 1 aromatic carbocycles. The van der Waals surface area contributed by atoms with Gasteiger partial charge in [-0.2, -0.15) is 0 Å². The largest absolute Gasteiger partial charge is 0.444 e. The second-order valence-electron chi connectivity index (χ2n) is 8.99. The first-order valence-electron chi connectivity index (χ1n) is 10.5. The number of nitrogens with zero attached hydrogens (tertiary/aromatic N) is 3. The van der Waals surface area contributed by atoms with Crippen molar-refractivity contribution in [3.05, 3.63) is 34.9 Å². The Bertz CT molecular complexity index is 672. The van der Waals surface area contributed by atoms with Crippen molar-refractivity contribution in [3.63, 3.8) is 0 Å². The first-order valence-corrected chi connectivity index (χ1v) is 12.1. The van der Waals surface area contributed by atoms with E-state index in [9.17, 15) is 4.79 Å². The number of amides is 1. The molecule has 2 heterocycles. The third-order valence-electron chi connectivity index (χ3n) is 5.72. The third-order valence-corrected chi connectivity index (χ3v) is 6.82. The van der Waals surface area contributed by atoms with Gasteiger partial charge >= 0.3 is 6.09 Å². The summed E-state index contributed by atoms with van der Waals surface area (Å²) in [6.45, 7) is 10.5. The normalized spacial score (nSPS) is 22.7. The van der Waals surface area contributed by atoms with Crippen LogP contribution < -0.4 is 0 Å². The van der Waals surface area contributed by atoms with Crippen molar-refractivity contribution in [3.8, 4) is 0 Å². The van der Waals surface area contributed by atoms with E-state index >= 15 is 0 Å². The zero-order valence-electron chi connectivity index (χ0n) is 18.1. The number of hydrogen-bond donors (Lipinski definition) is 0. The van der Waals surface area contributed by atoms with Crippen molar-refractivity contribution in [2.24, 2.45) is 0 Å². The Morgan fingerprint density at radius 3 is 2.38 bits per heavy atom. The third kappa shape index (κ3) is 6.51. The van der Waals surface area contributed by atoms with E-state index in [1.807, 2.05) is 49.8 Å². The number of carbonyl (C=O) groups is 1. The lowest BCUT2D eigenvalue weighted by atomic mass is 9.96. The van der Waals surface area contributed by atoms with Crippen LogP contribution in [0, 0.1) is 0 Å². The summed E-state index contributed by atoms with van der Waals surface area (Å²) in [7, 11) is 0. The van der Waals surface area contributed by atoms with Crippen LogP contribution in [0.2, 0.25) is 5.02 Å². The number of piperidine rings is 1. The van der Waals surface area contributed by atoms with Gasteiger partial charge in [-0.15, -0.1) is 0 Å². The van der Waals surface area contributed by atoms with Crippen LogP contribution in [0.1, 0.15) is 39.2 Å². The maximum absolute atomic E-state index is 12.4. The van der Waals surface area contributed by atoms with Crippen molar-refractivity contribution >= 4 is 29.6 Å². The van der Waals surface area contributed by atoms with Crippen LogP contribution in [-0.4, -0.2) is 76.9 Å². The molecule has 0 saturated carbocycles. The van der Waals surface area contributed by atoms with Crippen LogP contribution in [0.15, 0.2) is 24.3 Å². The van der Waals surface area contributed by atoms with Gasteiger partial charge in [-0.05, 0) is 64.0 Å². The van der Waals surface area contributed by atoms with Gasteiger partial charge in [0.05, 0.1) is 0 Å². The van der Waals surface area contributed by atoms with Gasteiger partial charge in [0.2, 0.25) is 0 Å². The molecule has 0 spiro atoms. The number of rotatable bonds is 4. The van der Waals surface area contributed by atoms with Crippen molar-refractivity contribution in [2.75, 3.05) is 39.0 Å². The molecule has 162 valence electrons. The average Bonchev–Trinajstić information content (AvgIpc) is 2.68. The maximum atomic E-state index is 12.4. The molecule has 3 rings (SSSR count). The Balaban J connectivity index is 1.61. The summed E-state index contributed by atoms with van der Waals surface area (Å²) in [5.41, 5.74) is 0.893. The minimum Gasteiger partial charge on any atom is -0.444 e. The highest BCUT2D eigenvalue weighted by Gasteiger charge is 2.35. The van der Waals surface area contributed by atoms with Crippen molar-refractivity contribution in [1.82, 2.24) is 14.1 Å². The number of halogens is 1. The van der Waals surface area contributed by atoms with Crippen molar-refractivity contribution in [1.29, 1.82) is 0 Å². The molecular formula is C22H34ClN3O2S. The molecule has 1 aromatic rings. The molecule has 0 aromatic heterocycles. The van der Waals surface area contributed by atoms with E-state index in [2.05, 4.69) is 27.6 Å². The molecule has 0 bridgehead atoms. The second-order valence-corrected chi connectivity index (χ2v) is 10.3. The van der Waals surface area contributed by atoms with Crippen molar-refractivity contribution < 1.29 is 9.53 Å². The fourth-order valence-electron chi connectivity index (χ4n) is 4.27. The summed E-state index contributed by atoms with van der Waals surface area (Å²) in [6.07, 6.45) is 5.03. The molecule has 5 nitrogen and oxygen atoms in total. The zero-order valence-corrected chi connectivity index (χ0v) is 19.6. The molecule has 7 heteroatoms. The van der Waals surface area contributed by atoms with Gasteiger partial charge in [0, 0.05) is 49.8 Å². The Morgan fingerprint density at radius 1 is 1.14 bits per heavy atom. The lowest BCUT2D eigenvalue weighted by Gasteiger charge is -2.47. The summed E-state index contributed by atoms with van der Waals surface area (Å²) in [5.74, 6) is 0. The van der Waals surface area contributed by atoms with E-state index < -0.39 is 5.60 Å². The Morgan fingerprint density at radius 2 is 1.79 bits per heavy atom. The number of benzene rings is 1. The zero-order chi connectivity index (χ0) is 21.0. The van der Waals surface area contributed by atoms with E-state index in [4.69, 9.17) is 16.3 Å². The molecule has 0 aliphatic carbocycles. The smallest absolute Gasteiger partial charge is 0.410 e. The number of ether oxygens (including phenoxy) is 1. The molecule has 2 aliphatic heterocycles. The van der Waals surface area contributed by atoms with E-state index in [-0.39, 0.29) is 6.09 Å². The van der Waals surface area contributed by atoms with Gasteiger partial charge in [0.1, 0.15) is 5.60 Å². The number of carbonyl (C=O) groups excluding carboxylic acids is 1. The standard InChI is InChI=1S/C22H34ClN3O2S/c1-22(2,3)28-21(27)24-11-9-19(10-12-24)26-14-13-25(29-4)16-20(26)15-17-5-7-18(23)8-6-17/h5-8,19-20H,9-16H2,1-4H3/t20-/m0/s1. The highest BCUT2D eigenvalue weighted by molar-refractivity contribution is 7.96. The summed E-state index contributed by atoms with van der Waals surface area (Å²) in [6, 6.07) is 9.25. The highest BCUT2D eigenvalue weighted by Crippen LogP contribution is 2.27. The molecule has 2 aliphatic rings. The molecule has 0 unspecified atom stereocenters. The van der Waals surface area contributed by atoms with Gasteiger partial charge in [-0.25, -0.2) is 9.10 Å². The SMILES string of the molecule is CSN1CCN(C2CCN(C(=O)OC(C)(C)C)CC2)[C@@H](Cc2ccc(Cl)cc2)C1. The fourth-order valence-corrected chi connectivity index (χ4v) is 4.98. The van der Waals surface area contributed by atoms with Gasteiger partial charge in [-0.1, -0.05) is 35.7 Å². The molecule has 2 fully saturated rings. The monoisotopic (exact) mass is 439 g/mol. The Kier molecular flexibility index (Phi) is 7.76. The highest BCUT2D eigenvalue weighted by atomic mass is 35.5. The quantitative estimate of drug-likeness (QED) is 0.643. The van der Waals surface area contributed by atoms with Crippen LogP contribution in [-0.2, 0) is 11.2 Å². The average molecular weight is 440 g/mol. The predicted octanol–water partition coefficient (Wildman–Crippen LogP) is 4.55. The molecular weight excluding hydrogens is 406 g/mol. The van der Waals surface area contributed by atoms with Crippen LogP contribution in [0.3, 0.4) is 0 Å². The first-order chi connectivity index (χ1) is 13.7. The van der Waals surface area contributed by atoms with E-state index in [0.29, 0.717) is 12.1 Å². The molecule has 29 heavy (non-hydrogen) atoms. The topological polar surface area (TPSA) is 36.0 Å². The number of hydrogen-bond acceptors (Lipinski definition) is 5. The number of likely N-dealkylation sites (tertiary alicyclic amines) is 1. The minimum absolute atomic E-state index is 0.180. The summed E-state index contributed by atoms with van der Waals surface area (Å²) in [4.78, 5) is 16.9. The summed E-state index contributed by atoms with van der Waals surface area (Å²) in [5, 5.41) is 0.787. The first kappa shape index (κ1) is 22.7. The lowest BCUT2D eigenvalue weighted by molar-refractivity contribution is 0.00508. The fraction of sp³-hybridized carbons (Fsp3) is 0.682. The van der Waals surface area contributed by atoms with Gasteiger partial charge in [-0.3, -0.25) is 4.90 Å². The van der Waals surface area contributed by atoms with Gasteiger partial charge < -0.3 is 9.64 Å². The number of piperazine rings is 1. The van der Waals surface area contributed by atoms with E-state index in [0.717, 1.165) is 57.0 Å². The predicted molar refractivity (Wildman–Crippen MR) is 122 cm³/mol. The van der Waals surface area contributed by atoms with Crippen LogP contribution in [0.5, 0.6) is 0 Å².